The number of ether oxygens (including phenoxy) is 1. The number of carbonyl (C=O) groups is 1. The first-order valence-corrected chi connectivity index (χ1v) is 9.98. The number of methoxy groups -OCH3 is 1. The van der Waals surface area contributed by atoms with Crippen molar-refractivity contribution in [2.24, 2.45) is 0 Å². The van der Waals surface area contributed by atoms with Crippen molar-refractivity contribution in [1.29, 1.82) is 0 Å². The second-order valence-corrected chi connectivity index (χ2v) is 7.89. The van der Waals surface area contributed by atoms with Crippen molar-refractivity contribution in [2.75, 3.05) is 25.4 Å². The van der Waals surface area contributed by atoms with Gasteiger partial charge < -0.3 is 15.4 Å². The van der Waals surface area contributed by atoms with Crippen LogP contribution >= 0.6 is 12.4 Å². The van der Waals surface area contributed by atoms with Crippen LogP contribution in [-0.2, 0) is 10.0 Å². The topological polar surface area (TPSA) is 96.5 Å². The highest BCUT2D eigenvalue weighted by atomic mass is 35.5. The molecule has 9 heteroatoms. The maximum Gasteiger partial charge on any atom is 0.265 e. The van der Waals surface area contributed by atoms with E-state index in [0.29, 0.717) is 12.2 Å². The zero-order valence-corrected chi connectivity index (χ0v) is 17.9. The minimum atomic E-state index is -3.93. The standard InChI is InChI=1S/C19H25N3O4S.ClH/c1-13-5-8-16(9-6-13)22-27(24,25)18-11-15(7-10-17(18)26-4)19(23)21-12-14(2)20-3;/h5-11,14,20,22H,12H2,1-4H3,(H,21,23);1H. The molecule has 1 amide bonds. The van der Waals surface area contributed by atoms with Gasteiger partial charge in [-0.15, -0.1) is 12.4 Å². The summed E-state index contributed by atoms with van der Waals surface area (Å²) in [6.45, 7) is 4.26. The van der Waals surface area contributed by atoms with Gasteiger partial charge in [0, 0.05) is 23.8 Å². The second kappa shape index (κ2) is 10.3. The zero-order valence-electron chi connectivity index (χ0n) is 16.3. The van der Waals surface area contributed by atoms with E-state index in [1.54, 1.807) is 19.2 Å². The van der Waals surface area contributed by atoms with Gasteiger partial charge in [-0.1, -0.05) is 17.7 Å². The lowest BCUT2D eigenvalue weighted by atomic mass is 10.2. The van der Waals surface area contributed by atoms with Crippen molar-refractivity contribution < 1.29 is 17.9 Å². The average molecular weight is 428 g/mol. The number of aryl methyl sites for hydroxylation is 1. The van der Waals surface area contributed by atoms with Crippen molar-refractivity contribution in [2.45, 2.75) is 24.8 Å². The lowest BCUT2D eigenvalue weighted by Gasteiger charge is -2.14. The number of sulfonamides is 1. The number of hydrogen-bond donors (Lipinski definition) is 3. The van der Waals surface area contributed by atoms with Crippen LogP contribution in [0.4, 0.5) is 5.69 Å². The molecule has 0 aliphatic heterocycles. The molecular weight excluding hydrogens is 402 g/mol. The monoisotopic (exact) mass is 427 g/mol. The number of likely N-dealkylation sites (N-methyl/N-ethyl adjacent to an activating group) is 1. The maximum atomic E-state index is 12.8. The Morgan fingerprint density at radius 3 is 2.36 bits per heavy atom. The van der Waals surface area contributed by atoms with E-state index in [9.17, 15) is 13.2 Å². The van der Waals surface area contributed by atoms with E-state index >= 15 is 0 Å². The molecule has 0 spiro atoms. The van der Waals surface area contributed by atoms with Crippen LogP contribution in [0.1, 0.15) is 22.8 Å². The van der Waals surface area contributed by atoms with E-state index in [4.69, 9.17) is 4.74 Å². The van der Waals surface area contributed by atoms with Crippen molar-refractivity contribution in [1.82, 2.24) is 10.6 Å². The molecule has 0 fully saturated rings. The molecule has 1 unspecified atom stereocenters. The van der Waals surface area contributed by atoms with Crippen LogP contribution in [0.2, 0.25) is 0 Å². The fourth-order valence-corrected chi connectivity index (χ4v) is 3.56. The lowest BCUT2D eigenvalue weighted by molar-refractivity contribution is 0.0950. The summed E-state index contributed by atoms with van der Waals surface area (Å²) in [5.74, 6) is -0.193. The molecule has 7 nitrogen and oxygen atoms in total. The Morgan fingerprint density at radius 1 is 1.14 bits per heavy atom. The average Bonchev–Trinajstić information content (AvgIpc) is 2.66. The first-order valence-electron chi connectivity index (χ1n) is 8.50. The molecule has 0 saturated heterocycles. The Hall–Kier alpha value is -2.29. The van der Waals surface area contributed by atoms with Crippen molar-refractivity contribution in [3.63, 3.8) is 0 Å². The number of rotatable bonds is 8. The Balaban J connectivity index is 0.00000392. The molecule has 0 radical (unpaired) electrons. The number of hydrogen-bond acceptors (Lipinski definition) is 5. The third-order valence-electron chi connectivity index (χ3n) is 4.08. The van der Waals surface area contributed by atoms with Crippen LogP contribution < -0.4 is 20.1 Å². The summed E-state index contributed by atoms with van der Waals surface area (Å²) in [5.41, 5.74) is 1.69. The lowest BCUT2D eigenvalue weighted by Crippen LogP contribution is -2.37. The Kier molecular flexibility index (Phi) is 8.74. The summed E-state index contributed by atoms with van der Waals surface area (Å²) in [4.78, 5) is 12.2. The number of amides is 1. The summed E-state index contributed by atoms with van der Waals surface area (Å²) in [7, 11) is -0.747. The zero-order chi connectivity index (χ0) is 20.0. The first kappa shape index (κ1) is 23.7. The van der Waals surface area contributed by atoms with Crippen LogP contribution in [0, 0.1) is 6.92 Å². The van der Waals surface area contributed by atoms with Crippen LogP contribution in [0.5, 0.6) is 5.75 Å². The Morgan fingerprint density at radius 2 is 1.79 bits per heavy atom. The largest absolute Gasteiger partial charge is 0.495 e. The van der Waals surface area contributed by atoms with Crippen molar-refractivity contribution in [3.8, 4) is 5.75 Å². The highest BCUT2D eigenvalue weighted by Crippen LogP contribution is 2.27. The molecule has 3 N–H and O–H groups in total. The fourth-order valence-electron chi connectivity index (χ4n) is 2.31. The second-order valence-electron chi connectivity index (χ2n) is 6.24. The highest BCUT2D eigenvalue weighted by Gasteiger charge is 2.22. The number of carbonyl (C=O) groups excluding carboxylic acids is 1. The molecule has 2 rings (SSSR count). The van der Waals surface area contributed by atoms with Crippen LogP contribution in [0.25, 0.3) is 0 Å². The van der Waals surface area contributed by atoms with E-state index in [2.05, 4.69) is 15.4 Å². The summed E-state index contributed by atoms with van der Waals surface area (Å²) in [6, 6.07) is 11.4. The molecule has 154 valence electrons. The van der Waals surface area contributed by atoms with Gasteiger partial charge in [0.25, 0.3) is 15.9 Å². The van der Waals surface area contributed by atoms with E-state index in [0.717, 1.165) is 5.56 Å². The van der Waals surface area contributed by atoms with Gasteiger partial charge in [0.1, 0.15) is 10.6 Å². The molecule has 2 aromatic carbocycles. The number of benzene rings is 2. The van der Waals surface area contributed by atoms with Crippen LogP contribution in [-0.4, -0.2) is 41.1 Å². The van der Waals surface area contributed by atoms with Crippen molar-refractivity contribution >= 4 is 34.0 Å². The Bertz CT molecular complexity index is 902. The van der Waals surface area contributed by atoms with Crippen LogP contribution in [0.3, 0.4) is 0 Å². The molecule has 0 aliphatic rings. The molecule has 1 atom stereocenters. The molecule has 0 saturated carbocycles. The normalized spacial score (nSPS) is 11.9. The number of anilines is 1. The minimum Gasteiger partial charge on any atom is -0.495 e. The molecule has 0 aliphatic carbocycles. The summed E-state index contributed by atoms with van der Waals surface area (Å²) in [5, 5.41) is 5.78. The van der Waals surface area contributed by atoms with Gasteiger partial charge in [-0.2, -0.15) is 0 Å². The smallest absolute Gasteiger partial charge is 0.265 e. The Labute approximate surface area is 172 Å². The van der Waals surface area contributed by atoms with Gasteiger partial charge >= 0.3 is 0 Å². The summed E-state index contributed by atoms with van der Waals surface area (Å²) < 4.78 is 33.3. The molecule has 0 bridgehead atoms. The van der Waals surface area contributed by atoms with Crippen LogP contribution in [0.15, 0.2) is 47.4 Å². The summed E-state index contributed by atoms with van der Waals surface area (Å²) in [6.07, 6.45) is 0. The molecule has 28 heavy (non-hydrogen) atoms. The fraction of sp³-hybridized carbons (Fsp3) is 0.316. The van der Waals surface area contributed by atoms with Gasteiger partial charge in [-0.3, -0.25) is 9.52 Å². The van der Waals surface area contributed by atoms with Gasteiger partial charge in [-0.25, -0.2) is 8.42 Å². The van der Waals surface area contributed by atoms with Crippen molar-refractivity contribution in [3.05, 3.63) is 53.6 Å². The predicted molar refractivity (Wildman–Crippen MR) is 113 cm³/mol. The predicted octanol–water partition coefficient (Wildman–Crippen LogP) is 2.56. The number of nitrogens with one attached hydrogen (secondary N) is 3. The highest BCUT2D eigenvalue weighted by molar-refractivity contribution is 7.92. The minimum absolute atomic E-state index is 0. The SMILES string of the molecule is CNC(C)CNC(=O)c1ccc(OC)c(S(=O)(=O)Nc2ccc(C)cc2)c1.Cl. The molecule has 2 aromatic rings. The quantitative estimate of drug-likeness (QED) is 0.601. The van der Waals surface area contributed by atoms with E-state index in [1.165, 1.54) is 25.3 Å². The van der Waals surface area contributed by atoms with E-state index in [1.807, 2.05) is 26.0 Å². The van der Waals surface area contributed by atoms with Gasteiger partial charge in [0.2, 0.25) is 0 Å². The third kappa shape index (κ3) is 6.12. The number of halogens is 1. The van der Waals surface area contributed by atoms with E-state index in [-0.39, 0.29) is 40.6 Å². The van der Waals surface area contributed by atoms with E-state index < -0.39 is 10.0 Å². The molecular formula is C19H26ClN3O4S. The van der Waals surface area contributed by atoms with Gasteiger partial charge in [0.15, 0.2) is 0 Å². The summed E-state index contributed by atoms with van der Waals surface area (Å²) >= 11 is 0. The maximum absolute atomic E-state index is 12.8. The third-order valence-corrected chi connectivity index (χ3v) is 5.48. The molecule has 0 aromatic heterocycles. The van der Waals surface area contributed by atoms with Gasteiger partial charge in [0.05, 0.1) is 7.11 Å². The molecule has 0 heterocycles. The van der Waals surface area contributed by atoms with Gasteiger partial charge in [-0.05, 0) is 51.2 Å². The first-order chi connectivity index (χ1) is 12.8.